The van der Waals surface area contributed by atoms with Gasteiger partial charge in [0.2, 0.25) is 5.60 Å². The molecule has 0 N–H and O–H groups in total. The molecule has 0 bridgehead atoms. The zero-order chi connectivity index (χ0) is 22.3. The predicted octanol–water partition coefficient (Wildman–Crippen LogP) is 5.67. The fourth-order valence-corrected chi connectivity index (χ4v) is 3.06. The second kappa shape index (κ2) is 9.76. The molecule has 3 rings (SSSR count). The normalized spacial score (nSPS) is 10.7. The number of carbonyl (C=O) groups is 2. The van der Waals surface area contributed by atoms with Crippen molar-refractivity contribution >= 4 is 23.3 Å². The Morgan fingerprint density at radius 3 is 1.68 bits per heavy atom. The van der Waals surface area contributed by atoms with E-state index in [9.17, 15) is 9.59 Å². The molecular formula is C26H25NO4. The fourth-order valence-electron chi connectivity index (χ4n) is 3.06. The lowest BCUT2D eigenvalue weighted by molar-refractivity contribution is -0.158. The van der Waals surface area contributed by atoms with Crippen LogP contribution in [0.15, 0.2) is 97.2 Å². The second-order valence-corrected chi connectivity index (χ2v) is 7.35. The number of hydrogen-bond donors (Lipinski definition) is 0. The average Bonchev–Trinajstić information content (AvgIpc) is 2.80. The number of methoxy groups -OCH3 is 1. The molecular weight excluding hydrogens is 390 g/mol. The summed E-state index contributed by atoms with van der Waals surface area (Å²) in [7, 11) is 1.26. The van der Waals surface area contributed by atoms with E-state index >= 15 is 0 Å². The van der Waals surface area contributed by atoms with Gasteiger partial charge in [0, 0.05) is 11.8 Å². The van der Waals surface area contributed by atoms with Gasteiger partial charge in [-0.05, 0) is 37.1 Å². The SMILES string of the molecule is COC(=O)C(C)(C)OC(=O)N(C=C(c1ccccc1)c1ccccc1)c1ccccc1. The van der Waals surface area contributed by atoms with E-state index in [1.807, 2.05) is 78.9 Å². The number of carbonyl (C=O) groups excluding carboxylic acids is 2. The molecule has 0 aliphatic heterocycles. The molecule has 0 saturated heterocycles. The van der Waals surface area contributed by atoms with E-state index < -0.39 is 17.7 Å². The Morgan fingerprint density at radius 2 is 1.23 bits per heavy atom. The van der Waals surface area contributed by atoms with Crippen molar-refractivity contribution in [2.24, 2.45) is 0 Å². The van der Waals surface area contributed by atoms with Crippen LogP contribution in [0.5, 0.6) is 0 Å². The molecule has 0 heterocycles. The van der Waals surface area contributed by atoms with Gasteiger partial charge in [0.05, 0.1) is 12.8 Å². The van der Waals surface area contributed by atoms with Crippen LogP contribution in [0.4, 0.5) is 10.5 Å². The van der Waals surface area contributed by atoms with Gasteiger partial charge in [-0.3, -0.25) is 4.90 Å². The number of rotatable bonds is 6. The van der Waals surface area contributed by atoms with Crippen molar-refractivity contribution in [1.29, 1.82) is 0 Å². The second-order valence-electron chi connectivity index (χ2n) is 7.35. The van der Waals surface area contributed by atoms with Crippen LogP contribution >= 0.6 is 0 Å². The molecule has 158 valence electrons. The largest absolute Gasteiger partial charge is 0.466 e. The summed E-state index contributed by atoms with van der Waals surface area (Å²) in [5.41, 5.74) is 1.88. The van der Waals surface area contributed by atoms with Crippen LogP contribution in [0, 0.1) is 0 Å². The van der Waals surface area contributed by atoms with Crippen molar-refractivity contribution in [1.82, 2.24) is 0 Å². The first kappa shape index (κ1) is 21.8. The van der Waals surface area contributed by atoms with Crippen molar-refractivity contribution in [2.75, 3.05) is 12.0 Å². The van der Waals surface area contributed by atoms with Gasteiger partial charge in [0.15, 0.2) is 0 Å². The molecule has 31 heavy (non-hydrogen) atoms. The third-order valence-electron chi connectivity index (χ3n) is 4.68. The predicted molar refractivity (Wildman–Crippen MR) is 121 cm³/mol. The number of para-hydroxylation sites is 1. The first-order valence-electron chi connectivity index (χ1n) is 9.91. The van der Waals surface area contributed by atoms with Crippen LogP contribution < -0.4 is 4.90 Å². The Bertz CT molecular complexity index is 1000. The van der Waals surface area contributed by atoms with Crippen molar-refractivity contribution in [3.63, 3.8) is 0 Å². The van der Waals surface area contributed by atoms with Gasteiger partial charge in [0.1, 0.15) is 0 Å². The van der Waals surface area contributed by atoms with Gasteiger partial charge in [-0.2, -0.15) is 0 Å². The van der Waals surface area contributed by atoms with E-state index in [2.05, 4.69) is 0 Å². The Morgan fingerprint density at radius 1 is 0.774 bits per heavy atom. The Labute approximate surface area is 182 Å². The number of benzene rings is 3. The molecule has 3 aromatic carbocycles. The van der Waals surface area contributed by atoms with Gasteiger partial charge < -0.3 is 9.47 Å². The lowest BCUT2D eigenvalue weighted by atomic mass is 9.99. The summed E-state index contributed by atoms with van der Waals surface area (Å²) in [6.45, 7) is 3.00. The minimum atomic E-state index is -1.44. The molecule has 5 nitrogen and oxygen atoms in total. The van der Waals surface area contributed by atoms with Gasteiger partial charge in [-0.15, -0.1) is 0 Å². The zero-order valence-electron chi connectivity index (χ0n) is 17.8. The summed E-state index contributed by atoms with van der Waals surface area (Å²) in [4.78, 5) is 26.7. The minimum absolute atomic E-state index is 0.609. The topological polar surface area (TPSA) is 55.8 Å². The quantitative estimate of drug-likeness (QED) is 0.487. The van der Waals surface area contributed by atoms with Crippen LogP contribution in [0.1, 0.15) is 25.0 Å². The summed E-state index contributed by atoms with van der Waals surface area (Å²) in [5.74, 6) is -0.635. The molecule has 0 unspecified atom stereocenters. The summed E-state index contributed by atoms with van der Waals surface area (Å²) in [6, 6.07) is 28.7. The molecule has 0 radical (unpaired) electrons. The minimum Gasteiger partial charge on any atom is -0.466 e. The summed E-state index contributed by atoms with van der Waals surface area (Å²) in [6.07, 6.45) is 1.04. The number of hydrogen-bond acceptors (Lipinski definition) is 4. The third-order valence-corrected chi connectivity index (χ3v) is 4.68. The fraction of sp³-hybridized carbons (Fsp3) is 0.154. The van der Waals surface area contributed by atoms with E-state index in [1.54, 1.807) is 18.3 Å². The average molecular weight is 415 g/mol. The summed E-state index contributed by atoms with van der Waals surface area (Å²) < 4.78 is 10.3. The van der Waals surface area contributed by atoms with Gasteiger partial charge in [-0.25, -0.2) is 9.59 Å². The Balaban J connectivity index is 2.10. The lowest BCUT2D eigenvalue weighted by Crippen LogP contribution is -2.42. The standard InChI is InChI=1S/C26H25NO4/c1-26(2,24(28)30-3)31-25(29)27(22-17-11-6-12-18-22)19-23(20-13-7-4-8-14-20)21-15-9-5-10-16-21/h4-19H,1-3H3. The third kappa shape index (κ3) is 5.39. The number of esters is 1. The highest BCUT2D eigenvalue weighted by Gasteiger charge is 2.35. The molecule has 0 saturated carbocycles. The molecule has 0 atom stereocenters. The number of amides is 1. The van der Waals surface area contributed by atoms with Crippen LogP contribution in [-0.2, 0) is 14.3 Å². The molecule has 0 aliphatic carbocycles. The Hall–Kier alpha value is -3.86. The molecule has 3 aromatic rings. The zero-order valence-corrected chi connectivity index (χ0v) is 17.8. The molecule has 1 amide bonds. The summed E-state index contributed by atoms with van der Waals surface area (Å²) >= 11 is 0. The molecule has 5 heteroatoms. The van der Waals surface area contributed by atoms with Crippen LogP contribution in [-0.4, -0.2) is 24.8 Å². The first-order valence-corrected chi connectivity index (χ1v) is 9.91. The van der Waals surface area contributed by atoms with Gasteiger partial charge >= 0.3 is 12.1 Å². The Kier molecular flexibility index (Phi) is 6.88. The van der Waals surface area contributed by atoms with Crippen molar-refractivity contribution < 1.29 is 19.1 Å². The highest BCUT2D eigenvalue weighted by atomic mass is 16.6. The van der Waals surface area contributed by atoms with Crippen LogP contribution in [0.3, 0.4) is 0 Å². The van der Waals surface area contributed by atoms with Crippen LogP contribution in [0.25, 0.3) is 5.57 Å². The molecule has 0 spiro atoms. The van der Waals surface area contributed by atoms with E-state index in [0.29, 0.717) is 5.69 Å². The summed E-state index contributed by atoms with van der Waals surface area (Å²) in [5, 5.41) is 0. The monoisotopic (exact) mass is 415 g/mol. The van der Waals surface area contributed by atoms with E-state index in [1.165, 1.54) is 25.9 Å². The van der Waals surface area contributed by atoms with E-state index in [4.69, 9.17) is 9.47 Å². The van der Waals surface area contributed by atoms with Crippen molar-refractivity contribution in [3.8, 4) is 0 Å². The number of anilines is 1. The van der Waals surface area contributed by atoms with Crippen LogP contribution in [0.2, 0.25) is 0 Å². The molecule has 0 aliphatic rings. The smallest absolute Gasteiger partial charge is 0.419 e. The molecule has 0 aromatic heterocycles. The van der Waals surface area contributed by atoms with Gasteiger partial charge in [-0.1, -0.05) is 78.9 Å². The molecule has 0 fully saturated rings. The maximum absolute atomic E-state index is 13.2. The number of ether oxygens (including phenoxy) is 2. The van der Waals surface area contributed by atoms with Gasteiger partial charge in [0.25, 0.3) is 0 Å². The van der Waals surface area contributed by atoms with Crippen molar-refractivity contribution in [2.45, 2.75) is 19.4 Å². The van der Waals surface area contributed by atoms with E-state index in [0.717, 1.165) is 16.7 Å². The highest BCUT2D eigenvalue weighted by Crippen LogP contribution is 2.27. The number of nitrogens with zero attached hydrogens (tertiary/aromatic N) is 1. The highest BCUT2D eigenvalue weighted by molar-refractivity contribution is 5.95. The van der Waals surface area contributed by atoms with E-state index in [-0.39, 0.29) is 0 Å². The maximum atomic E-state index is 13.2. The lowest BCUT2D eigenvalue weighted by Gasteiger charge is -2.27. The van der Waals surface area contributed by atoms with Crippen molar-refractivity contribution in [3.05, 3.63) is 108 Å². The maximum Gasteiger partial charge on any atom is 0.419 e. The first-order chi connectivity index (χ1) is 14.9.